The van der Waals surface area contributed by atoms with Crippen molar-refractivity contribution in [2.24, 2.45) is 0 Å². The average Bonchev–Trinajstić information content (AvgIpc) is 2.77. The number of sulfonamides is 1. The molecule has 4 rings (SSSR count). The van der Waals surface area contributed by atoms with Gasteiger partial charge in [-0.25, -0.2) is 8.42 Å². The number of piperidine rings is 1. The predicted molar refractivity (Wildman–Crippen MR) is 128 cm³/mol. The van der Waals surface area contributed by atoms with Gasteiger partial charge < -0.3 is 4.74 Å². The van der Waals surface area contributed by atoms with Crippen molar-refractivity contribution >= 4 is 49.2 Å². The van der Waals surface area contributed by atoms with Crippen molar-refractivity contribution in [1.82, 2.24) is 4.31 Å². The first kappa shape index (κ1) is 22.6. The van der Waals surface area contributed by atoms with Crippen LogP contribution in [0.3, 0.4) is 0 Å². The Kier molecular flexibility index (Phi) is 6.94. The zero-order valence-electron chi connectivity index (χ0n) is 16.5. The largest absolute Gasteiger partial charge is 0.487 e. The highest BCUT2D eigenvalue weighted by molar-refractivity contribution is 9.10. The maximum absolute atomic E-state index is 13.1. The lowest BCUT2D eigenvalue weighted by atomic mass is 10.1. The number of rotatable bonds is 5. The minimum atomic E-state index is -3.56. The van der Waals surface area contributed by atoms with Gasteiger partial charge >= 0.3 is 0 Å². The van der Waals surface area contributed by atoms with E-state index in [1.54, 1.807) is 30.3 Å². The minimum absolute atomic E-state index is 0.136. The van der Waals surface area contributed by atoms with Crippen LogP contribution in [0.2, 0.25) is 10.0 Å². The molecule has 0 spiro atoms. The van der Waals surface area contributed by atoms with Crippen molar-refractivity contribution in [3.05, 3.63) is 81.2 Å². The van der Waals surface area contributed by atoms with Crippen molar-refractivity contribution in [2.45, 2.75) is 23.8 Å². The standard InChI is InChI=1S/C23H20BrCl2NO3S/c24-18-8-4-16(5-9-18)17-6-10-20(11-7-17)31(28,29)27-14-12-19(13-15-27)30-23-21(25)2-1-3-22(23)26/h1-11,19H,12-15H2. The minimum Gasteiger partial charge on any atom is -0.487 e. The smallest absolute Gasteiger partial charge is 0.243 e. The number of benzene rings is 3. The van der Waals surface area contributed by atoms with E-state index in [-0.39, 0.29) is 6.10 Å². The Morgan fingerprint density at radius 3 is 1.90 bits per heavy atom. The van der Waals surface area contributed by atoms with Gasteiger partial charge in [-0.05, 0) is 60.4 Å². The van der Waals surface area contributed by atoms with Gasteiger partial charge in [-0.3, -0.25) is 0 Å². The van der Waals surface area contributed by atoms with E-state index in [9.17, 15) is 8.42 Å². The Hall–Kier alpha value is -1.57. The molecule has 0 saturated carbocycles. The predicted octanol–water partition coefficient (Wildman–Crippen LogP) is 6.66. The first-order chi connectivity index (χ1) is 14.8. The summed E-state index contributed by atoms with van der Waals surface area (Å²) in [6.45, 7) is 0.757. The zero-order valence-corrected chi connectivity index (χ0v) is 20.4. The molecule has 3 aromatic rings. The highest BCUT2D eigenvalue weighted by Gasteiger charge is 2.30. The molecule has 0 aliphatic carbocycles. The molecule has 31 heavy (non-hydrogen) atoms. The maximum atomic E-state index is 13.1. The van der Waals surface area contributed by atoms with Gasteiger partial charge in [0, 0.05) is 17.6 Å². The molecule has 1 aliphatic rings. The quantitative estimate of drug-likeness (QED) is 0.363. The van der Waals surface area contributed by atoms with Crippen LogP contribution in [0.4, 0.5) is 0 Å². The highest BCUT2D eigenvalue weighted by Crippen LogP contribution is 2.35. The summed E-state index contributed by atoms with van der Waals surface area (Å²) in [7, 11) is -3.56. The van der Waals surface area contributed by atoms with E-state index in [1.807, 2.05) is 36.4 Å². The van der Waals surface area contributed by atoms with Crippen molar-refractivity contribution < 1.29 is 13.2 Å². The molecule has 8 heteroatoms. The Bertz CT molecular complexity index is 1140. The summed E-state index contributed by atoms with van der Waals surface area (Å²) in [4.78, 5) is 0.293. The highest BCUT2D eigenvalue weighted by atomic mass is 79.9. The summed E-state index contributed by atoms with van der Waals surface area (Å²) in [5.41, 5.74) is 2.00. The molecule has 0 N–H and O–H groups in total. The molecule has 0 amide bonds. The fourth-order valence-electron chi connectivity index (χ4n) is 3.56. The Morgan fingerprint density at radius 2 is 1.35 bits per heavy atom. The van der Waals surface area contributed by atoms with Gasteiger partial charge in [0.25, 0.3) is 0 Å². The third kappa shape index (κ3) is 5.10. The maximum Gasteiger partial charge on any atom is 0.243 e. The van der Waals surface area contributed by atoms with Crippen molar-refractivity contribution in [1.29, 1.82) is 0 Å². The lowest BCUT2D eigenvalue weighted by Crippen LogP contribution is -2.41. The van der Waals surface area contributed by atoms with E-state index in [0.717, 1.165) is 15.6 Å². The normalized spacial score (nSPS) is 15.7. The molecule has 0 aromatic heterocycles. The van der Waals surface area contributed by atoms with Gasteiger partial charge in [-0.1, -0.05) is 69.5 Å². The monoisotopic (exact) mass is 539 g/mol. The van der Waals surface area contributed by atoms with Gasteiger partial charge in [0.15, 0.2) is 5.75 Å². The van der Waals surface area contributed by atoms with Crippen molar-refractivity contribution in [2.75, 3.05) is 13.1 Å². The van der Waals surface area contributed by atoms with Crippen molar-refractivity contribution in [3.63, 3.8) is 0 Å². The van der Waals surface area contributed by atoms with E-state index >= 15 is 0 Å². The Balaban J connectivity index is 1.42. The van der Waals surface area contributed by atoms with Crippen LogP contribution < -0.4 is 4.74 Å². The molecule has 0 radical (unpaired) electrons. The molecular formula is C23H20BrCl2NO3S. The number of halogens is 3. The van der Waals surface area contributed by atoms with E-state index in [1.165, 1.54) is 4.31 Å². The lowest BCUT2D eigenvalue weighted by Gasteiger charge is -2.31. The second-order valence-corrected chi connectivity index (χ2v) is 11.0. The molecule has 0 atom stereocenters. The van der Waals surface area contributed by atoms with Gasteiger partial charge in [-0.15, -0.1) is 0 Å². The van der Waals surface area contributed by atoms with Gasteiger partial charge in [0.05, 0.1) is 14.9 Å². The van der Waals surface area contributed by atoms with Crippen LogP contribution in [-0.4, -0.2) is 31.9 Å². The molecule has 0 unspecified atom stereocenters. The summed E-state index contributed by atoms with van der Waals surface area (Å²) in [5, 5.41) is 0.904. The molecule has 162 valence electrons. The zero-order chi connectivity index (χ0) is 22.0. The van der Waals surface area contributed by atoms with Crippen LogP contribution in [0.1, 0.15) is 12.8 Å². The van der Waals surface area contributed by atoms with Crippen LogP contribution in [0.25, 0.3) is 11.1 Å². The van der Waals surface area contributed by atoms with E-state index in [4.69, 9.17) is 27.9 Å². The van der Waals surface area contributed by atoms with Crippen LogP contribution >= 0.6 is 39.1 Å². The van der Waals surface area contributed by atoms with Crippen LogP contribution in [0.15, 0.2) is 76.1 Å². The van der Waals surface area contributed by atoms with Gasteiger partial charge in [-0.2, -0.15) is 4.31 Å². The third-order valence-electron chi connectivity index (χ3n) is 5.27. The summed E-state index contributed by atoms with van der Waals surface area (Å²) >= 11 is 15.8. The molecule has 1 saturated heterocycles. The van der Waals surface area contributed by atoms with E-state index in [2.05, 4.69) is 15.9 Å². The third-order valence-corrected chi connectivity index (χ3v) is 8.31. The summed E-state index contributed by atoms with van der Waals surface area (Å²) < 4.78 is 34.7. The second-order valence-electron chi connectivity index (χ2n) is 7.30. The topological polar surface area (TPSA) is 46.6 Å². The molecular weight excluding hydrogens is 521 g/mol. The summed E-state index contributed by atoms with van der Waals surface area (Å²) in [5.74, 6) is 0.454. The number of para-hydroxylation sites is 1. The molecule has 3 aromatic carbocycles. The van der Waals surface area contributed by atoms with Gasteiger partial charge in [0.1, 0.15) is 6.10 Å². The Labute approximate surface area is 200 Å². The number of hydrogen-bond donors (Lipinski definition) is 0. The number of hydrogen-bond acceptors (Lipinski definition) is 3. The Morgan fingerprint density at radius 1 is 0.839 bits per heavy atom. The molecule has 4 nitrogen and oxygen atoms in total. The van der Waals surface area contributed by atoms with Crippen molar-refractivity contribution in [3.8, 4) is 16.9 Å². The van der Waals surface area contributed by atoms with E-state index < -0.39 is 10.0 Å². The van der Waals surface area contributed by atoms with E-state index in [0.29, 0.717) is 46.6 Å². The first-order valence-electron chi connectivity index (χ1n) is 9.81. The molecule has 1 aliphatic heterocycles. The second kappa shape index (κ2) is 9.51. The summed E-state index contributed by atoms with van der Waals surface area (Å²) in [6.07, 6.45) is 0.999. The lowest BCUT2D eigenvalue weighted by molar-refractivity contribution is 0.135. The summed E-state index contributed by atoms with van der Waals surface area (Å²) in [6, 6.07) is 20.1. The number of ether oxygens (including phenoxy) is 1. The fraction of sp³-hybridized carbons (Fsp3) is 0.217. The average molecular weight is 541 g/mol. The van der Waals surface area contributed by atoms with Crippen LogP contribution in [0, 0.1) is 0 Å². The molecule has 1 heterocycles. The molecule has 1 fully saturated rings. The SMILES string of the molecule is O=S(=O)(c1ccc(-c2ccc(Br)cc2)cc1)N1CCC(Oc2c(Cl)cccc2Cl)CC1. The fourth-order valence-corrected chi connectivity index (χ4v) is 5.78. The van der Waals surface area contributed by atoms with Crippen LogP contribution in [-0.2, 0) is 10.0 Å². The first-order valence-corrected chi connectivity index (χ1v) is 12.8. The molecule has 0 bridgehead atoms. The van der Waals surface area contributed by atoms with Gasteiger partial charge in [0.2, 0.25) is 10.0 Å². The number of nitrogens with zero attached hydrogens (tertiary/aromatic N) is 1. The van der Waals surface area contributed by atoms with Crippen LogP contribution in [0.5, 0.6) is 5.75 Å².